The van der Waals surface area contributed by atoms with Crippen LogP contribution in [-0.4, -0.2) is 42.8 Å². The van der Waals surface area contributed by atoms with Crippen LogP contribution < -0.4 is 10.6 Å². The van der Waals surface area contributed by atoms with E-state index in [-0.39, 0.29) is 34.7 Å². The van der Waals surface area contributed by atoms with Crippen molar-refractivity contribution < 1.29 is 14.5 Å². The van der Waals surface area contributed by atoms with E-state index < -0.39 is 4.92 Å². The molecular formula is C30H22N6O4S3. The Morgan fingerprint density at radius 3 is 2.37 bits per heavy atom. The number of thiazole rings is 1. The number of imidazole rings is 1. The van der Waals surface area contributed by atoms with Crippen LogP contribution >= 0.6 is 34.9 Å². The van der Waals surface area contributed by atoms with Crippen molar-refractivity contribution in [3.05, 3.63) is 107 Å². The maximum atomic E-state index is 12.9. The lowest BCUT2D eigenvalue weighted by molar-refractivity contribution is -0.383. The van der Waals surface area contributed by atoms with Gasteiger partial charge in [0.1, 0.15) is 5.69 Å². The molecule has 0 saturated heterocycles. The van der Waals surface area contributed by atoms with Gasteiger partial charge in [0.25, 0.3) is 5.69 Å². The molecule has 0 bridgehead atoms. The minimum atomic E-state index is -0.535. The van der Waals surface area contributed by atoms with Crippen LogP contribution in [0.25, 0.3) is 26.9 Å². The third-order valence-electron chi connectivity index (χ3n) is 6.23. The van der Waals surface area contributed by atoms with Gasteiger partial charge in [-0.15, -0.1) is 11.3 Å². The van der Waals surface area contributed by atoms with Crippen LogP contribution in [0.2, 0.25) is 0 Å². The average Bonchev–Trinajstić information content (AvgIpc) is 3.60. The highest BCUT2D eigenvalue weighted by atomic mass is 32.2. The largest absolute Gasteiger partial charge is 0.325 e. The summed E-state index contributed by atoms with van der Waals surface area (Å²) < 4.78 is 3.58. The number of benzene rings is 4. The molecule has 2 N–H and O–H groups in total. The number of amides is 2. The van der Waals surface area contributed by atoms with E-state index in [1.807, 2.05) is 66.7 Å². The molecule has 0 aliphatic carbocycles. The molecule has 6 rings (SSSR count). The number of rotatable bonds is 10. The first-order valence-electron chi connectivity index (χ1n) is 13.0. The van der Waals surface area contributed by atoms with Gasteiger partial charge >= 0.3 is 0 Å². The quantitative estimate of drug-likeness (QED) is 0.0943. The third-order valence-corrected chi connectivity index (χ3v) is 9.33. The Bertz CT molecular complexity index is 1980. The van der Waals surface area contributed by atoms with Crippen molar-refractivity contribution in [2.24, 2.45) is 0 Å². The Morgan fingerprint density at radius 2 is 1.53 bits per heavy atom. The summed E-state index contributed by atoms with van der Waals surface area (Å²) in [6, 6.07) is 29.3. The molecule has 0 spiro atoms. The fourth-order valence-electron chi connectivity index (χ4n) is 4.35. The van der Waals surface area contributed by atoms with Crippen molar-refractivity contribution in [1.82, 2.24) is 14.5 Å². The van der Waals surface area contributed by atoms with Crippen molar-refractivity contribution in [1.29, 1.82) is 0 Å². The smallest absolute Gasteiger partial charge is 0.292 e. The summed E-state index contributed by atoms with van der Waals surface area (Å²) in [5, 5.41) is 17.5. The van der Waals surface area contributed by atoms with E-state index >= 15 is 0 Å². The highest BCUT2D eigenvalue weighted by Crippen LogP contribution is 2.32. The number of nitrogens with zero attached hydrogens (tertiary/aromatic N) is 4. The van der Waals surface area contributed by atoms with Crippen LogP contribution in [0.1, 0.15) is 0 Å². The van der Waals surface area contributed by atoms with Gasteiger partial charge in [0, 0.05) is 17.4 Å². The van der Waals surface area contributed by atoms with Crippen LogP contribution in [0.5, 0.6) is 0 Å². The van der Waals surface area contributed by atoms with Gasteiger partial charge in [0.05, 0.1) is 37.7 Å². The van der Waals surface area contributed by atoms with Gasteiger partial charge in [-0.2, -0.15) is 0 Å². The summed E-state index contributed by atoms with van der Waals surface area (Å²) >= 11 is 4.01. The Labute approximate surface area is 257 Å². The summed E-state index contributed by atoms with van der Waals surface area (Å²) in [4.78, 5) is 45.3. The number of carbonyl (C=O) groups is 2. The third kappa shape index (κ3) is 6.53. The second kappa shape index (κ2) is 12.7. The van der Waals surface area contributed by atoms with Gasteiger partial charge < -0.3 is 10.6 Å². The van der Waals surface area contributed by atoms with Crippen molar-refractivity contribution in [3.8, 4) is 5.69 Å². The summed E-state index contributed by atoms with van der Waals surface area (Å²) in [6.07, 6.45) is 0. The second-order valence-electron chi connectivity index (χ2n) is 9.16. The van der Waals surface area contributed by atoms with Crippen LogP contribution in [0.15, 0.2) is 107 Å². The fourth-order valence-corrected chi connectivity index (χ4v) is 7.09. The molecule has 0 radical (unpaired) electrons. The number of para-hydroxylation sites is 5. The van der Waals surface area contributed by atoms with E-state index in [0.717, 1.165) is 32.1 Å². The standard InChI is InChI=1S/C30H22N6O4S3/c37-27(17-41-29-33-21-10-4-6-12-24(21)35(29)20-8-2-1-3-9-20)31-19-14-15-23-26(16-19)43-30(34-23)42-18-28(38)32-22-11-5-7-13-25(22)36(39)40/h1-16H,17-18H2,(H,31,37)(H,32,38). The van der Waals surface area contributed by atoms with Crippen LogP contribution in [-0.2, 0) is 9.59 Å². The summed E-state index contributed by atoms with van der Waals surface area (Å²) in [5.41, 5.74) is 4.18. The highest BCUT2D eigenvalue weighted by Gasteiger charge is 2.17. The molecule has 0 saturated carbocycles. The SMILES string of the molecule is O=C(CSc1nc2ccccc2n1-c1ccccc1)Nc1ccc2nc(SCC(=O)Nc3ccccc3[N+](=O)[O-])sc2c1. The predicted molar refractivity (Wildman–Crippen MR) is 172 cm³/mol. The molecule has 10 nitrogen and oxygen atoms in total. The zero-order chi connectivity index (χ0) is 29.8. The summed E-state index contributed by atoms with van der Waals surface area (Å²) in [7, 11) is 0. The van der Waals surface area contributed by atoms with Gasteiger partial charge in [-0.25, -0.2) is 9.97 Å². The zero-order valence-corrected chi connectivity index (χ0v) is 24.7. The molecule has 0 atom stereocenters. The number of hydrogen-bond donors (Lipinski definition) is 2. The minimum Gasteiger partial charge on any atom is -0.325 e. The lowest BCUT2D eigenvalue weighted by Crippen LogP contribution is -2.15. The van der Waals surface area contributed by atoms with E-state index in [1.165, 1.54) is 47.0 Å². The van der Waals surface area contributed by atoms with Crippen LogP contribution in [0.3, 0.4) is 0 Å². The van der Waals surface area contributed by atoms with Gasteiger partial charge in [0.2, 0.25) is 11.8 Å². The number of nitro benzene ring substituents is 1. The van der Waals surface area contributed by atoms with Gasteiger partial charge in [-0.3, -0.25) is 24.3 Å². The molecule has 0 fully saturated rings. The number of anilines is 2. The molecule has 13 heteroatoms. The number of aromatic nitrogens is 3. The molecule has 214 valence electrons. The molecule has 6 aromatic rings. The molecular weight excluding hydrogens is 605 g/mol. The van der Waals surface area contributed by atoms with Crippen molar-refractivity contribution >= 4 is 85.0 Å². The average molecular weight is 627 g/mol. The predicted octanol–water partition coefficient (Wildman–Crippen LogP) is 7.01. The van der Waals surface area contributed by atoms with E-state index in [4.69, 9.17) is 4.98 Å². The number of fused-ring (bicyclic) bond motifs is 2. The molecule has 2 heterocycles. The molecule has 4 aromatic carbocycles. The Kier molecular flexibility index (Phi) is 8.36. The van der Waals surface area contributed by atoms with Gasteiger partial charge in [0.15, 0.2) is 9.50 Å². The molecule has 0 aliphatic rings. The van der Waals surface area contributed by atoms with E-state index in [1.54, 1.807) is 18.2 Å². The molecule has 2 aromatic heterocycles. The maximum absolute atomic E-state index is 12.9. The topological polar surface area (TPSA) is 132 Å². The number of hydrogen-bond acceptors (Lipinski definition) is 9. The molecule has 43 heavy (non-hydrogen) atoms. The van der Waals surface area contributed by atoms with Crippen LogP contribution in [0, 0.1) is 10.1 Å². The lowest BCUT2D eigenvalue weighted by Gasteiger charge is -2.09. The fraction of sp³-hybridized carbons (Fsp3) is 0.0667. The Balaban J connectivity index is 1.08. The van der Waals surface area contributed by atoms with E-state index in [0.29, 0.717) is 10.0 Å². The van der Waals surface area contributed by atoms with Crippen molar-refractivity contribution in [3.63, 3.8) is 0 Å². The van der Waals surface area contributed by atoms with E-state index in [2.05, 4.69) is 20.2 Å². The summed E-state index contributed by atoms with van der Waals surface area (Å²) in [6.45, 7) is 0. The normalized spacial score (nSPS) is 11.1. The number of nitrogens with one attached hydrogen (secondary N) is 2. The maximum Gasteiger partial charge on any atom is 0.292 e. The van der Waals surface area contributed by atoms with E-state index in [9.17, 15) is 19.7 Å². The molecule has 2 amide bonds. The van der Waals surface area contributed by atoms with Crippen molar-refractivity contribution in [2.75, 3.05) is 22.1 Å². The zero-order valence-electron chi connectivity index (χ0n) is 22.3. The Hall–Kier alpha value is -4.72. The second-order valence-corrected chi connectivity index (χ2v) is 12.4. The highest BCUT2D eigenvalue weighted by molar-refractivity contribution is 8.01. The lowest BCUT2D eigenvalue weighted by atomic mass is 10.2. The van der Waals surface area contributed by atoms with Crippen LogP contribution in [0.4, 0.5) is 17.1 Å². The first-order valence-corrected chi connectivity index (χ1v) is 15.8. The summed E-state index contributed by atoms with van der Waals surface area (Å²) in [5.74, 6) is -0.320. The monoisotopic (exact) mass is 626 g/mol. The van der Waals surface area contributed by atoms with Gasteiger partial charge in [-0.05, 0) is 48.5 Å². The molecule has 0 unspecified atom stereocenters. The Morgan fingerprint density at radius 1 is 0.814 bits per heavy atom. The first-order chi connectivity index (χ1) is 20.9. The minimum absolute atomic E-state index is 0.0421. The number of carbonyl (C=O) groups excluding carboxylic acids is 2. The van der Waals surface area contributed by atoms with Gasteiger partial charge in [-0.1, -0.05) is 66.0 Å². The number of nitro groups is 1. The van der Waals surface area contributed by atoms with Crippen molar-refractivity contribution in [2.45, 2.75) is 9.50 Å². The first kappa shape index (κ1) is 28.4. The number of thioether (sulfide) groups is 2. The molecule has 0 aliphatic heterocycles.